The molecule has 0 fully saturated rings. The molecule has 0 aliphatic rings. The van der Waals surface area contributed by atoms with Crippen molar-refractivity contribution in [1.82, 2.24) is 0 Å². The predicted octanol–water partition coefficient (Wildman–Crippen LogP) is 2.36. The van der Waals surface area contributed by atoms with E-state index in [0.717, 1.165) is 18.6 Å². The fourth-order valence-corrected chi connectivity index (χ4v) is 1.22. The first kappa shape index (κ1) is 10.1. The number of aliphatic hydroxyl groups excluding tert-OH is 1. The molecule has 1 unspecified atom stereocenters. The zero-order valence-electron chi connectivity index (χ0n) is 8.16. The first-order valence-electron chi connectivity index (χ1n) is 4.66. The van der Waals surface area contributed by atoms with Gasteiger partial charge in [0, 0.05) is 0 Å². The van der Waals surface area contributed by atoms with Crippen LogP contribution in [0, 0.1) is 0 Å². The molecule has 1 aromatic rings. The number of benzene rings is 1. The summed E-state index contributed by atoms with van der Waals surface area (Å²) in [6, 6.07) is 7.83. The lowest BCUT2D eigenvalue weighted by Gasteiger charge is -2.08. The van der Waals surface area contributed by atoms with E-state index in [2.05, 4.69) is 6.92 Å². The smallest absolute Gasteiger partial charge is 0.194 e. The van der Waals surface area contributed by atoms with E-state index in [1.807, 2.05) is 24.3 Å². The van der Waals surface area contributed by atoms with Crippen LogP contribution in [-0.2, 0) is 6.42 Å². The minimum atomic E-state index is -0.739. The molecule has 0 aliphatic carbocycles. The molecule has 0 amide bonds. The van der Waals surface area contributed by atoms with Crippen molar-refractivity contribution in [2.24, 2.45) is 0 Å². The van der Waals surface area contributed by atoms with E-state index in [1.54, 1.807) is 6.92 Å². The summed E-state index contributed by atoms with van der Waals surface area (Å²) in [6.07, 6.45) is 1.50. The third kappa shape index (κ3) is 3.47. The fourth-order valence-electron chi connectivity index (χ4n) is 1.22. The second kappa shape index (κ2) is 4.87. The first-order valence-corrected chi connectivity index (χ1v) is 4.66. The van der Waals surface area contributed by atoms with Crippen molar-refractivity contribution in [3.8, 4) is 5.75 Å². The minimum absolute atomic E-state index is 0.717. The minimum Gasteiger partial charge on any atom is -0.465 e. The van der Waals surface area contributed by atoms with Gasteiger partial charge in [-0.1, -0.05) is 25.5 Å². The summed E-state index contributed by atoms with van der Waals surface area (Å²) in [5.41, 5.74) is 1.31. The highest BCUT2D eigenvalue weighted by atomic mass is 16.6. The molecule has 13 heavy (non-hydrogen) atoms. The molecule has 1 rings (SSSR count). The number of aliphatic hydroxyl groups is 1. The summed E-state index contributed by atoms with van der Waals surface area (Å²) in [6.45, 7) is 3.75. The second-order valence-corrected chi connectivity index (χ2v) is 3.11. The molecule has 0 saturated heterocycles. The largest absolute Gasteiger partial charge is 0.465 e. The Balaban J connectivity index is 2.59. The molecule has 0 bridgehead atoms. The molecule has 0 saturated carbocycles. The van der Waals surface area contributed by atoms with Gasteiger partial charge in [0.15, 0.2) is 6.29 Å². The maximum atomic E-state index is 8.96. The summed E-state index contributed by atoms with van der Waals surface area (Å²) < 4.78 is 5.10. The molecule has 0 spiro atoms. The average Bonchev–Trinajstić information content (AvgIpc) is 2.08. The monoisotopic (exact) mass is 180 g/mol. The van der Waals surface area contributed by atoms with Crippen molar-refractivity contribution in [2.45, 2.75) is 33.0 Å². The Kier molecular flexibility index (Phi) is 3.77. The van der Waals surface area contributed by atoms with Crippen LogP contribution >= 0.6 is 0 Å². The van der Waals surface area contributed by atoms with Crippen LogP contribution in [0.1, 0.15) is 25.8 Å². The predicted molar refractivity (Wildman–Crippen MR) is 52.7 cm³/mol. The van der Waals surface area contributed by atoms with Crippen LogP contribution in [0.5, 0.6) is 5.75 Å². The van der Waals surface area contributed by atoms with Gasteiger partial charge >= 0.3 is 0 Å². The van der Waals surface area contributed by atoms with Crippen LogP contribution in [0.3, 0.4) is 0 Å². The summed E-state index contributed by atoms with van der Waals surface area (Å²) in [4.78, 5) is 0. The molecule has 0 aromatic heterocycles. The Labute approximate surface area is 79.2 Å². The summed E-state index contributed by atoms with van der Waals surface area (Å²) in [7, 11) is 0. The number of aryl methyl sites for hydroxylation is 1. The van der Waals surface area contributed by atoms with Gasteiger partial charge in [-0.2, -0.15) is 0 Å². The van der Waals surface area contributed by atoms with Gasteiger partial charge in [0.05, 0.1) is 0 Å². The van der Waals surface area contributed by atoms with E-state index in [4.69, 9.17) is 9.84 Å². The molecule has 2 heteroatoms. The van der Waals surface area contributed by atoms with Crippen LogP contribution in [0.15, 0.2) is 24.3 Å². The Morgan fingerprint density at radius 1 is 1.31 bits per heavy atom. The Bertz CT molecular complexity index is 239. The van der Waals surface area contributed by atoms with Crippen LogP contribution in [0.25, 0.3) is 0 Å². The lowest BCUT2D eigenvalue weighted by molar-refractivity contribution is -0.000302. The highest BCUT2D eigenvalue weighted by Gasteiger charge is 1.97. The summed E-state index contributed by atoms with van der Waals surface area (Å²) in [5.74, 6) is 0.717. The number of rotatable bonds is 4. The van der Waals surface area contributed by atoms with Gasteiger partial charge in [-0.25, -0.2) is 0 Å². The molecular weight excluding hydrogens is 164 g/mol. The van der Waals surface area contributed by atoms with Crippen LogP contribution in [-0.4, -0.2) is 11.4 Å². The van der Waals surface area contributed by atoms with Crippen LogP contribution in [0.2, 0.25) is 0 Å². The maximum Gasteiger partial charge on any atom is 0.194 e. The first-order chi connectivity index (χ1) is 6.22. The fraction of sp³-hybridized carbons (Fsp3) is 0.455. The Morgan fingerprint density at radius 3 is 2.38 bits per heavy atom. The SMILES string of the molecule is CCCc1ccc(OC(C)O)cc1. The van der Waals surface area contributed by atoms with E-state index < -0.39 is 6.29 Å². The molecule has 1 aromatic carbocycles. The van der Waals surface area contributed by atoms with E-state index >= 15 is 0 Å². The van der Waals surface area contributed by atoms with E-state index in [1.165, 1.54) is 5.56 Å². The van der Waals surface area contributed by atoms with Gasteiger partial charge in [-0.15, -0.1) is 0 Å². The Morgan fingerprint density at radius 2 is 1.92 bits per heavy atom. The number of ether oxygens (including phenoxy) is 1. The van der Waals surface area contributed by atoms with Gasteiger partial charge in [0.2, 0.25) is 0 Å². The van der Waals surface area contributed by atoms with Gasteiger partial charge in [0.1, 0.15) is 5.75 Å². The van der Waals surface area contributed by atoms with Crippen molar-refractivity contribution in [3.05, 3.63) is 29.8 Å². The van der Waals surface area contributed by atoms with Crippen molar-refractivity contribution in [1.29, 1.82) is 0 Å². The van der Waals surface area contributed by atoms with Crippen molar-refractivity contribution in [2.75, 3.05) is 0 Å². The third-order valence-electron chi connectivity index (χ3n) is 1.77. The van der Waals surface area contributed by atoms with Crippen LogP contribution in [0.4, 0.5) is 0 Å². The van der Waals surface area contributed by atoms with E-state index in [9.17, 15) is 0 Å². The van der Waals surface area contributed by atoms with Crippen molar-refractivity contribution in [3.63, 3.8) is 0 Å². The third-order valence-corrected chi connectivity index (χ3v) is 1.77. The highest BCUT2D eigenvalue weighted by molar-refractivity contribution is 5.27. The Hall–Kier alpha value is -1.02. The molecule has 0 radical (unpaired) electrons. The number of hydrogen-bond donors (Lipinski definition) is 1. The lowest BCUT2D eigenvalue weighted by atomic mass is 10.1. The summed E-state index contributed by atoms with van der Waals surface area (Å²) in [5, 5.41) is 8.96. The standard InChI is InChI=1S/C11H16O2/c1-3-4-10-5-7-11(8-6-10)13-9(2)12/h5-9,12H,3-4H2,1-2H3. The average molecular weight is 180 g/mol. The van der Waals surface area contributed by atoms with Gasteiger partial charge in [0.25, 0.3) is 0 Å². The highest BCUT2D eigenvalue weighted by Crippen LogP contribution is 2.14. The number of hydrogen-bond acceptors (Lipinski definition) is 2. The van der Waals surface area contributed by atoms with Crippen molar-refractivity contribution >= 4 is 0 Å². The lowest BCUT2D eigenvalue weighted by Crippen LogP contribution is -2.09. The van der Waals surface area contributed by atoms with Crippen LogP contribution < -0.4 is 4.74 Å². The molecule has 1 N–H and O–H groups in total. The zero-order valence-corrected chi connectivity index (χ0v) is 8.16. The van der Waals surface area contributed by atoms with Gasteiger partial charge < -0.3 is 9.84 Å². The topological polar surface area (TPSA) is 29.5 Å². The van der Waals surface area contributed by atoms with Gasteiger partial charge in [-0.05, 0) is 31.0 Å². The molecular formula is C11H16O2. The summed E-state index contributed by atoms with van der Waals surface area (Å²) >= 11 is 0. The zero-order chi connectivity index (χ0) is 9.68. The molecule has 1 atom stereocenters. The van der Waals surface area contributed by atoms with E-state index in [0.29, 0.717) is 0 Å². The quantitative estimate of drug-likeness (QED) is 0.721. The van der Waals surface area contributed by atoms with E-state index in [-0.39, 0.29) is 0 Å². The second-order valence-electron chi connectivity index (χ2n) is 3.11. The maximum absolute atomic E-state index is 8.96. The molecule has 2 nitrogen and oxygen atoms in total. The molecule has 0 aliphatic heterocycles. The van der Waals surface area contributed by atoms with Crippen molar-refractivity contribution < 1.29 is 9.84 Å². The molecule has 72 valence electrons. The normalized spacial score (nSPS) is 12.5. The van der Waals surface area contributed by atoms with Gasteiger partial charge in [-0.3, -0.25) is 0 Å². The molecule has 0 heterocycles.